The zero-order valence-corrected chi connectivity index (χ0v) is 10.7. The smallest absolute Gasteiger partial charge is 0.385 e. The molecule has 0 unspecified atom stereocenters. The van der Waals surface area contributed by atoms with Gasteiger partial charge in [-0.05, 0) is 30.2 Å². The van der Waals surface area contributed by atoms with Crippen LogP contribution in [0.3, 0.4) is 0 Å². The zero-order chi connectivity index (χ0) is 13.5. The van der Waals surface area contributed by atoms with E-state index >= 15 is 0 Å². The fourth-order valence-corrected chi connectivity index (χ4v) is 1.60. The van der Waals surface area contributed by atoms with Crippen molar-refractivity contribution >= 4 is 5.97 Å². The van der Waals surface area contributed by atoms with Crippen molar-refractivity contribution in [2.75, 3.05) is 0 Å². The van der Waals surface area contributed by atoms with Crippen LogP contribution in [-0.4, -0.2) is 5.97 Å². The van der Waals surface area contributed by atoms with Crippen molar-refractivity contribution < 1.29 is 9.53 Å². The van der Waals surface area contributed by atoms with E-state index in [9.17, 15) is 4.79 Å². The number of ether oxygens (including phenoxy) is 1. The van der Waals surface area contributed by atoms with Gasteiger partial charge in [0.05, 0.1) is 0 Å². The van der Waals surface area contributed by atoms with E-state index < -0.39 is 5.97 Å². The van der Waals surface area contributed by atoms with Crippen LogP contribution in [0.1, 0.15) is 16.7 Å². The summed E-state index contributed by atoms with van der Waals surface area (Å²) in [7, 11) is 0. The topological polar surface area (TPSA) is 26.3 Å². The average molecular weight is 250 g/mol. The second-order valence-corrected chi connectivity index (χ2v) is 4.12. The molecular formula is C17H14O2. The minimum absolute atomic E-state index is 0.259. The summed E-state index contributed by atoms with van der Waals surface area (Å²) >= 11 is 0. The Bertz CT molecular complexity index is 618. The normalized spacial score (nSPS) is 9.32. The number of carbonyl (C=O) groups excluding carboxylic acids is 1. The summed E-state index contributed by atoms with van der Waals surface area (Å²) in [6, 6.07) is 17.2. The minimum atomic E-state index is -0.507. The van der Waals surface area contributed by atoms with Crippen LogP contribution in [0.4, 0.5) is 0 Å². The van der Waals surface area contributed by atoms with Gasteiger partial charge in [-0.3, -0.25) is 0 Å². The summed E-state index contributed by atoms with van der Waals surface area (Å²) in [6.45, 7) is 2.24. The molecule has 0 aliphatic heterocycles. The van der Waals surface area contributed by atoms with Crippen LogP contribution in [0.5, 0.6) is 0 Å². The summed E-state index contributed by atoms with van der Waals surface area (Å²) in [4.78, 5) is 11.5. The van der Waals surface area contributed by atoms with Crippen molar-refractivity contribution in [2.45, 2.75) is 13.5 Å². The van der Waals surface area contributed by atoms with E-state index in [2.05, 4.69) is 11.8 Å². The van der Waals surface area contributed by atoms with E-state index in [1.54, 1.807) is 0 Å². The van der Waals surface area contributed by atoms with Crippen LogP contribution in [-0.2, 0) is 16.1 Å². The van der Waals surface area contributed by atoms with Crippen molar-refractivity contribution in [3.05, 3.63) is 71.3 Å². The highest BCUT2D eigenvalue weighted by molar-refractivity contribution is 5.89. The van der Waals surface area contributed by atoms with Crippen LogP contribution in [0, 0.1) is 18.8 Å². The standard InChI is InChI=1S/C17H14O2/c1-14-7-5-6-10-16(14)13-19-17(18)12-11-15-8-3-2-4-9-15/h2-10H,13H2,1H3. The summed E-state index contributed by atoms with van der Waals surface area (Å²) in [5, 5.41) is 0. The third-order valence-corrected chi connectivity index (χ3v) is 2.70. The van der Waals surface area contributed by atoms with Gasteiger partial charge in [0.2, 0.25) is 0 Å². The molecule has 0 spiro atoms. The van der Waals surface area contributed by atoms with Gasteiger partial charge in [-0.1, -0.05) is 48.4 Å². The van der Waals surface area contributed by atoms with Gasteiger partial charge < -0.3 is 4.74 Å². The molecule has 0 aliphatic carbocycles. The van der Waals surface area contributed by atoms with Crippen molar-refractivity contribution in [3.8, 4) is 11.8 Å². The largest absolute Gasteiger partial charge is 0.451 e. The van der Waals surface area contributed by atoms with Crippen molar-refractivity contribution in [2.24, 2.45) is 0 Å². The molecule has 94 valence electrons. The van der Waals surface area contributed by atoms with Crippen LogP contribution >= 0.6 is 0 Å². The molecule has 0 radical (unpaired) electrons. The number of aryl methyl sites for hydroxylation is 1. The molecule has 2 aromatic carbocycles. The quantitative estimate of drug-likeness (QED) is 0.604. The fraction of sp³-hybridized carbons (Fsp3) is 0.118. The maximum absolute atomic E-state index is 11.5. The molecular weight excluding hydrogens is 236 g/mol. The first kappa shape index (κ1) is 12.9. The molecule has 0 bridgehead atoms. The molecule has 0 aliphatic rings. The Kier molecular flexibility index (Phi) is 4.36. The molecule has 2 heteroatoms. The number of carbonyl (C=O) groups is 1. The predicted octanol–water partition coefficient (Wildman–Crippen LogP) is 3.09. The van der Waals surface area contributed by atoms with E-state index in [1.165, 1.54) is 0 Å². The SMILES string of the molecule is Cc1ccccc1COC(=O)C#Cc1ccccc1. The van der Waals surface area contributed by atoms with Crippen LogP contribution in [0.15, 0.2) is 54.6 Å². The van der Waals surface area contributed by atoms with E-state index in [0.717, 1.165) is 16.7 Å². The molecule has 0 heterocycles. The molecule has 0 atom stereocenters. The number of rotatable bonds is 2. The van der Waals surface area contributed by atoms with E-state index in [0.29, 0.717) is 0 Å². The predicted molar refractivity (Wildman–Crippen MR) is 74.3 cm³/mol. The van der Waals surface area contributed by atoms with E-state index in [1.807, 2.05) is 61.5 Å². The fourth-order valence-electron chi connectivity index (χ4n) is 1.60. The number of benzene rings is 2. The third kappa shape index (κ3) is 4.01. The van der Waals surface area contributed by atoms with Gasteiger partial charge in [-0.15, -0.1) is 0 Å². The van der Waals surface area contributed by atoms with Crippen LogP contribution in [0.2, 0.25) is 0 Å². The molecule has 0 fully saturated rings. The summed E-state index contributed by atoms with van der Waals surface area (Å²) in [5.74, 6) is 4.74. The first-order valence-electron chi connectivity index (χ1n) is 6.04. The maximum atomic E-state index is 11.5. The van der Waals surface area contributed by atoms with Gasteiger partial charge in [-0.25, -0.2) is 4.79 Å². The van der Waals surface area contributed by atoms with Gasteiger partial charge >= 0.3 is 5.97 Å². The van der Waals surface area contributed by atoms with Gasteiger partial charge in [0, 0.05) is 11.5 Å². The molecule has 2 nitrogen and oxygen atoms in total. The lowest BCUT2D eigenvalue weighted by Gasteiger charge is -2.04. The number of esters is 1. The molecule has 0 saturated heterocycles. The zero-order valence-electron chi connectivity index (χ0n) is 10.7. The van der Waals surface area contributed by atoms with Crippen molar-refractivity contribution in [1.82, 2.24) is 0 Å². The lowest BCUT2D eigenvalue weighted by Crippen LogP contribution is -2.02. The van der Waals surface area contributed by atoms with Crippen molar-refractivity contribution in [3.63, 3.8) is 0 Å². The molecule has 0 aromatic heterocycles. The minimum Gasteiger partial charge on any atom is -0.451 e. The molecule has 19 heavy (non-hydrogen) atoms. The highest BCUT2D eigenvalue weighted by atomic mass is 16.5. The highest BCUT2D eigenvalue weighted by Crippen LogP contribution is 2.08. The first-order chi connectivity index (χ1) is 9.25. The second kappa shape index (κ2) is 6.42. The van der Waals surface area contributed by atoms with Crippen LogP contribution < -0.4 is 0 Å². The van der Waals surface area contributed by atoms with Gasteiger partial charge in [0.15, 0.2) is 0 Å². The molecule has 2 rings (SSSR count). The van der Waals surface area contributed by atoms with Gasteiger partial charge in [0.1, 0.15) is 6.61 Å². The summed E-state index contributed by atoms with van der Waals surface area (Å²) < 4.78 is 5.12. The van der Waals surface area contributed by atoms with Crippen LogP contribution in [0.25, 0.3) is 0 Å². The Hall–Kier alpha value is -2.53. The Labute approximate surface area is 113 Å². The molecule has 2 aromatic rings. The maximum Gasteiger partial charge on any atom is 0.385 e. The first-order valence-corrected chi connectivity index (χ1v) is 6.04. The van der Waals surface area contributed by atoms with E-state index in [4.69, 9.17) is 4.74 Å². The van der Waals surface area contributed by atoms with Gasteiger partial charge in [0.25, 0.3) is 0 Å². The Morgan fingerprint density at radius 3 is 2.47 bits per heavy atom. The molecule has 0 saturated carbocycles. The molecule has 0 amide bonds. The summed E-state index contributed by atoms with van der Waals surface area (Å²) in [6.07, 6.45) is 0. The lowest BCUT2D eigenvalue weighted by molar-refractivity contribution is -0.137. The molecule has 0 N–H and O–H groups in total. The third-order valence-electron chi connectivity index (χ3n) is 2.70. The second-order valence-electron chi connectivity index (χ2n) is 4.12. The van der Waals surface area contributed by atoms with Crippen molar-refractivity contribution in [1.29, 1.82) is 0 Å². The summed E-state index contributed by atoms with van der Waals surface area (Å²) in [5.41, 5.74) is 2.90. The van der Waals surface area contributed by atoms with Gasteiger partial charge in [-0.2, -0.15) is 0 Å². The van der Waals surface area contributed by atoms with E-state index in [-0.39, 0.29) is 6.61 Å². The highest BCUT2D eigenvalue weighted by Gasteiger charge is 2.01. The lowest BCUT2D eigenvalue weighted by atomic mass is 10.1. The Morgan fingerprint density at radius 2 is 1.74 bits per heavy atom. The number of hydrogen-bond acceptors (Lipinski definition) is 2. The monoisotopic (exact) mass is 250 g/mol. The average Bonchev–Trinajstić information content (AvgIpc) is 2.45. The number of hydrogen-bond donors (Lipinski definition) is 0. The Morgan fingerprint density at radius 1 is 1.05 bits per heavy atom. The Balaban J connectivity index is 1.93.